The first kappa shape index (κ1) is 18.4. The number of ether oxygens (including phenoxy) is 1. The van der Waals surface area contributed by atoms with Crippen LogP contribution in [0.2, 0.25) is 0 Å². The second-order valence-corrected chi connectivity index (χ2v) is 8.05. The maximum absolute atomic E-state index is 13.5. The predicted octanol–water partition coefficient (Wildman–Crippen LogP) is 1.97. The van der Waals surface area contributed by atoms with Gasteiger partial charge in [0.25, 0.3) is 0 Å². The van der Waals surface area contributed by atoms with E-state index < -0.39 is 21.9 Å². The molecular formula is C16H17FN4O4S. The molecule has 1 aromatic carbocycles. The standard InChI is InChI=1S/C16H17FN4O4S/c1-10(2)15-19-20-16(25-15)14-9-21(5-6-24-14)26(22,23)12-3-4-13(17)11(7-12)8-18/h3-4,7,10,14H,5-6,9H2,1-2H3/t14-/m0/s1. The summed E-state index contributed by atoms with van der Waals surface area (Å²) in [7, 11) is -3.92. The van der Waals surface area contributed by atoms with Gasteiger partial charge in [-0.3, -0.25) is 0 Å². The quantitative estimate of drug-likeness (QED) is 0.797. The number of sulfonamides is 1. The van der Waals surface area contributed by atoms with Crippen LogP contribution in [0.3, 0.4) is 0 Å². The number of halogens is 1. The minimum absolute atomic E-state index is 0.0126. The summed E-state index contributed by atoms with van der Waals surface area (Å²) < 4.78 is 51.4. The minimum Gasteiger partial charge on any atom is -0.422 e. The highest BCUT2D eigenvalue weighted by Crippen LogP contribution is 2.27. The van der Waals surface area contributed by atoms with Crippen molar-refractivity contribution in [1.29, 1.82) is 5.26 Å². The van der Waals surface area contributed by atoms with Gasteiger partial charge in [-0.15, -0.1) is 10.2 Å². The number of aromatic nitrogens is 2. The molecule has 26 heavy (non-hydrogen) atoms. The van der Waals surface area contributed by atoms with Crippen LogP contribution in [0, 0.1) is 17.1 Å². The third-order valence-corrected chi connectivity index (χ3v) is 5.81. The lowest BCUT2D eigenvalue weighted by Crippen LogP contribution is -2.42. The van der Waals surface area contributed by atoms with Crippen molar-refractivity contribution >= 4 is 10.0 Å². The van der Waals surface area contributed by atoms with Gasteiger partial charge in [-0.05, 0) is 18.2 Å². The maximum Gasteiger partial charge on any atom is 0.246 e. The van der Waals surface area contributed by atoms with E-state index in [1.54, 1.807) is 6.07 Å². The van der Waals surface area contributed by atoms with Gasteiger partial charge in [0.2, 0.25) is 21.8 Å². The Morgan fingerprint density at radius 3 is 2.81 bits per heavy atom. The van der Waals surface area contributed by atoms with Crippen molar-refractivity contribution < 1.29 is 22.0 Å². The fraction of sp³-hybridized carbons (Fsp3) is 0.438. The molecule has 0 aliphatic carbocycles. The summed E-state index contributed by atoms with van der Waals surface area (Å²) in [4.78, 5) is -0.149. The number of morpholine rings is 1. The molecular weight excluding hydrogens is 363 g/mol. The Labute approximate surface area is 150 Å². The van der Waals surface area contributed by atoms with E-state index >= 15 is 0 Å². The highest BCUT2D eigenvalue weighted by molar-refractivity contribution is 7.89. The molecule has 0 spiro atoms. The zero-order valence-corrected chi connectivity index (χ0v) is 15.0. The van der Waals surface area contributed by atoms with Gasteiger partial charge in [-0.1, -0.05) is 13.8 Å². The van der Waals surface area contributed by atoms with Crippen LogP contribution in [0.4, 0.5) is 4.39 Å². The first-order valence-corrected chi connectivity index (χ1v) is 9.41. The average molecular weight is 380 g/mol. The third-order valence-electron chi connectivity index (χ3n) is 3.95. The molecule has 1 saturated heterocycles. The van der Waals surface area contributed by atoms with Crippen LogP contribution in [0.5, 0.6) is 0 Å². The molecule has 0 amide bonds. The van der Waals surface area contributed by atoms with E-state index in [-0.39, 0.29) is 42.0 Å². The smallest absolute Gasteiger partial charge is 0.246 e. The van der Waals surface area contributed by atoms with Gasteiger partial charge in [0.1, 0.15) is 18.0 Å². The largest absolute Gasteiger partial charge is 0.422 e. The van der Waals surface area contributed by atoms with Gasteiger partial charge in [-0.2, -0.15) is 9.57 Å². The maximum atomic E-state index is 13.5. The van der Waals surface area contributed by atoms with Crippen LogP contribution in [0.1, 0.15) is 43.2 Å². The molecule has 0 N–H and O–H groups in total. The van der Waals surface area contributed by atoms with Gasteiger partial charge >= 0.3 is 0 Å². The summed E-state index contributed by atoms with van der Waals surface area (Å²) in [5.41, 5.74) is -0.325. The highest BCUT2D eigenvalue weighted by Gasteiger charge is 2.34. The van der Waals surface area contributed by atoms with E-state index in [4.69, 9.17) is 14.4 Å². The molecule has 0 unspecified atom stereocenters. The molecule has 0 radical (unpaired) electrons. The number of hydrogen-bond donors (Lipinski definition) is 0. The molecule has 1 fully saturated rings. The molecule has 0 bridgehead atoms. The number of benzene rings is 1. The van der Waals surface area contributed by atoms with E-state index in [1.807, 2.05) is 13.8 Å². The summed E-state index contributed by atoms with van der Waals surface area (Å²) in [5, 5.41) is 16.8. The fourth-order valence-corrected chi connectivity index (χ4v) is 3.95. The Balaban J connectivity index is 1.85. The lowest BCUT2D eigenvalue weighted by Gasteiger charge is -2.30. The second kappa shape index (κ2) is 7.11. The van der Waals surface area contributed by atoms with Crippen molar-refractivity contribution in [3.63, 3.8) is 0 Å². The van der Waals surface area contributed by atoms with Crippen molar-refractivity contribution in [2.24, 2.45) is 0 Å². The van der Waals surface area contributed by atoms with Crippen LogP contribution in [0.25, 0.3) is 0 Å². The number of hydrogen-bond acceptors (Lipinski definition) is 7. The number of rotatable bonds is 4. The van der Waals surface area contributed by atoms with Crippen molar-refractivity contribution in [3.8, 4) is 6.07 Å². The van der Waals surface area contributed by atoms with Crippen molar-refractivity contribution in [2.75, 3.05) is 19.7 Å². The lowest BCUT2D eigenvalue weighted by atomic mass is 10.2. The molecule has 2 aromatic rings. The Morgan fingerprint density at radius 1 is 1.38 bits per heavy atom. The van der Waals surface area contributed by atoms with Crippen LogP contribution in [0.15, 0.2) is 27.5 Å². The summed E-state index contributed by atoms with van der Waals surface area (Å²) >= 11 is 0. The molecule has 3 rings (SSSR count). The Kier molecular flexibility index (Phi) is 5.04. The Hall–Kier alpha value is -2.35. The molecule has 8 nitrogen and oxygen atoms in total. The van der Waals surface area contributed by atoms with E-state index in [0.717, 1.165) is 18.2 Å². The molecule has 2 heterocycles. The average Bonchev–Trinajstić information content (AvgIpc) is 3.12. The third kappa shape index (κ3) is 3.46. The normalized spacial score (nSPS) is 18.8. The van der Waals surface area contributed by atoms with Crippen LogP contribution >= 0.6 is 0 Å². The van der Waals surface area contributed by atoms with Gasteiger partial charge in [0, 0.05) is 19.0 Å². The van der Waals surface area contributed by atoms with Crippen LogP contribution in [-0.4, -0.2) is 42.6 Å². The number of nitrogens with zero attached hydrogens (tertiary/aromatic N) is 4. The molecule has 10 heteroatoms. The molecule has 1 aromatic heterocycles. The topological polar surface area (TPSA) is 109 Å². The van der Waals surface area contributed by atoms with Crippen molar-refractivity contribution in [1.82, 2.24) is 14.5 Å². The van der Waals surface area contributed by atoms with Gasteiger partial charge < -0.3 is 9.15 Å². The predicted molar refractivity (Wildman–Crippen MR) is 87.0 cm³/mol. The monoisotopic (exact) mass is 380 g/mol. The van der Waals surface area contributed by atoms with Gasteiger partial charge in [-0.25, -0.2) is 12.8 Å². The summed E-state index contributed by atoms with van der Waals surface area (Å²) in [5.74, 6) is -0.0622. The molecule has 1 atom stereocenters. The Bertz CT molecular complexity index is 951. The highest BCUT2D eigenvalue weighted by atomic mass is 32.2. The fourth-order valence-electron chi connectivity index (χ4n) is 2.50. The second-order valence-electron chi connectivity index (χ2n) is 6.11. The van der Waals surface area contributed by atoms with E-state index in [9.17, 15) is 12.8 Å². The van der Waals surface area contributed by atoms with Crippen LogP contribution < -0.4 is 0 Å². The summed E-state index contributed by atoms with van der Waals surface area (Å²) in [6.45, 7) is 4.06. The van der Waals surface area contributed by atoms with E-state index in [2.05, 4.69) is 10.2 Å². The van der Waals surface area contributed by atoms with Crippen LogP contribution in [-0.2, 0) is 14.8 Å². The summed E-state index contributed by atoms with van der Waals surface area (Å²) in [6, 6.07) is 4.78. The van der Waals surface area contributed by atoms with Gasteiger partial charge in [0.05, 0.1) is 17.1 Å². The van der Waals surface area contributed by atoms with E-state index in [1.165, 1.54) is 4.31 Å². The molecule has 138 valence electrons. The SMILES string of the molecule is CC(C)c1nnc([C@@H]2CN(S(=O)(=O)c3ccc(F)c(C#N)c3)CCO2)o1. The molecule has 1 aliphatic heterocycles. The lowest BCUT2D eigenvalue weighted by molar-refractivity contribution is -0.0179. The zero-order chi connectivity index (χ0) is 18.9. The molecule has 1 aliphatic rings. The first-order chi connectivity index (χ1) is 12.3. The zero-order valence-electron chi connectivity index (χ0n) is 14.2. The van der Waals surface area contributed by atoms with E-state index in [0.29, 0.717) is 5.89 Å². The number of nitriles is 1. The minimum atomic E-state index is -3.92. The summed E-state index contributed by atoms with van der Waals surface area (Å²) in [6.07, 6.45) is -0.686. The molecule has 0 saturated carbocycles. The van der Waals surface area contributed by atoms with Crippen molar-refractivity contribution in [3.05, 3.63) is 41.4 Å². The Morgan fingerprint density at radius 2 is 2.15 bits per heavy atom. The van der Waals surface area contributed by atoms with Crippen molar-refractivity contribution in [2.45, 2.75) is 30.8 Å². The first-order valence-electron chi connectivity index (χ1n) is 7.97. The van der Waals surface area contributed by atoms with Gasteiger partial charge in [0.15, 0.2) is 0 Å².